The monoisotopic (exact) mass is 527 g/mol. The third kappa shape index (κ3) is 7.80. The Balaban J connectivity index is 1.54. The zero-order valence-corrected chi connectivity index (χ0v) is 22.2. The van der Waals surface area contributed by atoms with Crippen molar-refractivity contribution in [2.24, 2.45) is 5.92 Å². The number of hydrogen-bond acceptors (Lipinski definition) is 10. The van der Waals surface area contributed by atoms with Crippen LogP contribution in [0.3, 0.4) is 0 Å². The Morgan fingerprint density at radius 2 is 1.84 bits per heavy atom. The first kappa shape index (κ1) is 28.7. The van der Waals surface area contributed by atoms with Crippen LogP contribution in [0.4, 0.5) is 11.8 Å². The number of carbonyl (C=O) groups is 3. The molecule has 0 bridgehead atoms. The van der Waals surface area contributed by atoms with Gasteiger partial charge >= 0.3 is 11.9 Å². The van der Waals surface area contributed by atoms with Crippen LogP contribution in [0.25, 0.3) is 0 Å². The van der Waals surface area contributed by atoms with Crippen LogP contribution in [-0.2, 0) is 25.5 Å². The second kappa shape index (κ2) is 13.6. The van der Waals surface area contributed by atoms with Crippen molar-refractivity contribution in [3.8, 4) is 5.88 Å². The number of carbonyl (C=O) groups excluding carboxylic acids is 3. The van der Waals surface area contributed by atoms with E-state index in [9.17, 15) is 19.5 Å². The summed E-state index contributed by atoms with van der Waals surface area (Å²) >= 11 is 0. The van der Waals surface area contributed by atoms with Crippen molar-refractivity contribution < 1.29 is 29.0 Å². The fraction of sp³-hybridized carbons (Fsp3) is 0.519. The molecule has 11 nitrogen and oxygen atoms in total. The van der Waals surface area contributed by atoms with Crippen molar-refractivity contribution in [3.05, 3.63) is 41.0 Å². The average molecular weight is 528 g/mol. The number of aromatic hydroxyl groups is 1. The highest BCUT2D eigenvalue weighted by Crippen LogP contribution is 2.33. The van der Waals surface area contributed by atoms with E-state index in [0.717, 1.165) is 24.9 Å². The Morgan fingerprint density at radius 3 is 2.53 bits per heavy atom. The van der Waals surface area contributed by atoms with Crippen LogP contribution >= 0.6 is 0 Å². The number of nitrogen functional groups attached to an aromatic ring is 1. The minimum Gasteiger partial charge on any atom is -0.493 e. The lowest BCUT2D eigenvalue weighted by atomic mass is 9.87. The lowest BCUT2D eigenvalue weighted by Crippen LogP contribution is -2.42. The van der Waals surface area contributed by atoms with Crippen molar-refractivity contribution >= 4 is 29.6 Å². The van der Waals surface area contributed by atoms with Gasteiger partial charge in [0.2, 0.25) is 11.8 Å². The number of benzene rings is 1. The molecule has 5 N–H and O–H groups in total. The Morgan fingerprint density at radius 1 is 1.13 bits per heavy atom. The van der Waals surface area contributed by atoms with E-state index in [1.165, 1.54) is 0 Å². The Bertz CT molecular complexity index is 1120. The van der Waals surface area contributed by atoms with Gasteiger partial charge in [-0.1, -0.05) is 19.1 Å². The number of anilines is 2. The Hall–Kier alpha value is -3.89. The van der Waals surface area contributed by atoms with E-state index in [-0.39, 0.29) is 43.8 Å². The molecule has 38 heavy (non-hydrogen) atoms. The summed E-state index contributed by atoms with van der Waals surface area (Å²) in [5.41, 5.74) is 7.81. The summed E-state index contributed by atoms with van der Waals surface area (Å²) in [6.45, 7) is 6.68. The number of amides is 1. The maximum atomic E-state index is 12.8. The molecule has 1 aromatic heterocycles. The minimum absolute atomic E-state index is 0.00312. The molecule has 0 aliphatic carbocycles. The summed E-state index contributed by atoms with van der Waals surface area (Å²) in [6.07, 6.45) is 2.62. The van der Waals surface area contributed by atoms with Crippen molar-refractivity contribution in [1.29, 1.82) is 0 Å². The highest BCUT2D eigenvalue weighted by molar-refractivity contribution is 5.96. The van der Waals surface area contributed by atoms with Gasteiger partial charge in [0.1, 0.15) is 11.9 Å². The molecule has 2 heterocycles. The molecule has 1 aromatic carbocycles. The van der Waals surface area contributed by atoms with E-state index >= 15 is 0 Å². The van der Waals surface area contributed by atoms with Gasteiger partial charge in [0.15, 0.2) is 0 Å². The predicted octanol–water partition coefficient (Wildman–Crippen LogP) is 2.94. The second-order valence-corrected chi connectivity index (χ2v) is 9.41. The summed E-state index contributed by atoms with van der Waals surface area (Å²) in [4.78, 5) is 44.8. The second-order valence-electron chi connectivity index (χ2n) is 9.41. The van der Waals surface area contributed by atoms with Crippen LogP contribution in [0.5, 0.6) is 5.88 Å². The summed E-state index contributed by atoms with van der Waals surface area (Å²) in [5.74, 6) is -0.288. The third-order valence-electron chi connectivity index (χ3n) is 6.62. The number of nitrogens with zero attached hydrogens (tertiary/aromatic N) is 2. The van der Waals surface area contributed by atoms with E-state index < -0.39 is 23.9 Å². The highest BCUT2D eigenvalue weighted by atomic mass is 16.5. The maximum Gasteiger partial charge on any atom is 0.328 e. The molecule has 0 fully saturated rings. The van der Waals surface area contributed by atoms with Crippen LogP contribution in [0.2, 0.25) is 0 Å². The smallest absolute Gasteiger partial charge is 0.328 e. The number of fused-ring (bicyclic) bond motifs is 1. The van der Waals surface area contributed by atoms with E-state index in [0.29, 0.717) is 29.3 Å². The van der Waals surface area contributed by atoms with Crippen LogP contribution in [0.1, 0.15) is 73.9 Å². The summed E-state index contributed by atoms with van der Waals surface area (Å²) in [7, 11) is 0. The zero-order chi connectivity index (χ0) is 27.7. The molecule has 11 heteroatoms. The lowest BCUT2D eigenvalue weighted by Gasteiger charge is -2.26. The molecule has 3 atom stereocenters. The molecule has 0 saturated heterocycles. The first-order valence-corrected chi connectivity index (χ1v) is 13.0. The zero-order valence-electron chi connectivity index (χ0n) is 22.2. The van der Waals surface area contributed by atoms with E-state index in [1.54, 1.807) is 26.0 Å². The Labute approximate surface area is 222 Å². The number of nitrogens with one attached hydrogen (secondary N) is 2. The van der Waals surface area contributed by atoms with Crippen molar-refractivity contribution in [3.63, 3.8) is 0 Å². The fourth-order valence-corrected chi connectivity index (χ4v) is 4.47. The minimum atomic E-state index is -0.944. The van der Waals surface area contributed by atoms with Crippen LogP contribution in [0.15, 0.2) is 24.3 Å². The van der Waals surface area contributed by atoms with Gasteiger partial charge in [-0.3, -0.25) is 9.59 Å². The van der Waals surface area contributed by atoms with Gasteiger partial charge in [0.25, 0.3) is 5.91 Å². The summed E-state index contributed by atoms with van der Waals surface area (Å²) in [5, 5.41) is 16.0. The van der Waals surface area contributed by atoms with Gasteiger partial charge in [-0.05, 0) is 69.1 Å². The number of hydrogen-bond donors (Lipinski definition) is 4. The standard InChI is InChI=1S/C27H37N5O6/c1-4-37-22(33)13-12-21(26(36)38-5-2)30-24(34)19-10-8-18(9-11-19)16(3)6-7-17-14-20-23(29-15-17)31-27(28)32-25(20)35/h8-11,16-17,21H,4-7,12-15H2,1-3H3,(H,30,34)(H4,28,29,31,32,35)/t16?,17?,21-/m0/s1. The predicted molar refractivity (Wildman–Crippen MR) is 142 cm³/mol. The molecule has 2 unspecified atom stereocenters. The molecule has 1 amide bonds. The molecule has 0 saturated carbocycles. The number of aromatic nitrogens is 2. The van der Waals surface area contributed by atoms with Crippen molar-refractivity contribution in [2.45, 2.75) is 64.8 Å². The van der Waals surface area contributed by atoms with Crippen LogP contribution in [0, 0.1) is 5.92 Å². The average Bonchev–Trinajstić information content (AvgIpc) is 2.90. The normalized spacial score (nSPS) is 15.9. The lowest BCUT2D eigenvalue weighted by molar-refractivity contribution is -0.146. The van der Waals surface area contributed by atoms with Gasteiger partial charge in [-0.15, -0.1) is 0 Å². The molecule has 1 aliphatic rings. The van der Waals surface area contributed by atoms with Crippen molar-refractivity contribution in [2.75, 3.05) is 30.8 Å². The largest absolute Gasteiger partial charge is 0.493 e. The van der Waals surface area contributed by atoms with Crippen LogP contribution in [-0.4, -0.2) is 58.7 Å². The first-order valence-electron chi connectivity index (χ1n) is 13.0. The topological polar surface area (TPSA) is 166 Å². The first-order chi connectivity index (χ1) is 18.2. The quantitative estimate of drug-likeness (QED) is 0.301. The molecular weight excluding hydrogens is 490 g/mol. The van der Waals surface area contributed by atoms with Gasteiger partial charge in [0, 0.05) is 18.5 Å². The summed E-state index contributed by atoms with van der Waals surface area (Å²) in [6, 6.07) is 6.34. The number of nitrogens with two attached hydrogens (primary N) is 1. The van der Waals surface area contributed by atoms with E-state index in [4.69, 9.17) is 15.2 Å². The van der Waals surface area contributed by atoms with Crippen molar-refractivity contribution in [1.82, 2.24) is 15.3 Å². The molecule has 1 aliphatic heterocycles. The SMILES string of the molecule is CCOC(=O)CC[C@H](NC(=O)c1ccc(C(C)CCC2CNc3nc(N)nc(O)c3C2)cc1)C(=O)OCC. The van der Waals surface area contributed by atoms with Crippen LogP contribution < -0.4 is 16.4 Å². The van der Waals surface area contributed by atoms with E-state index in [2.05, 4.69) is 27.5 Å². The molecule has 0 radical (unpaired) electrons. The molecule has 0 spiro atoms. The van der Waals surface area contributed by atoms with Gasteiger partial charge < -0.3 is 30.9 Å². The number of ether oxygens (including phenoxy) is 2. The molecular formula is C27H37N5O6. The number of rotatable bonds is 12. The number of esters is 2. The van der Waals surface area contributed by atoms with E-state index in [1.807, 2.05) is 12.1 Å². The van der Waals surface area contributed by atoms with Gasteiger partial charge in [-0.2, -0.15) is 9.97 Å². The van der Waals surface area contributed by atoms with Gasteiger partial charge in [0.05, 0.1) is 18.8 Å². The molecule has 206 valence electrons. The summed E-state index contributed by atoms with van der Waals surface area (Å²) < 4.78 is 9.97. The molecule has 3 rings (SSSR count). The third-order valence-corrected chi connectivity index (χ3v) is 6.62. The highest BCUT2D eigenvalue weighted by Gasteiger charge is 2.25. The Kier molecular flexibility index (Phi) is 10.3. The fourth-order valence-electron chi connectivity index (χ4n) is 4.47. The van der Waals surface area contributed by atoms with Gasteiger partial charge in [-0.25, -0.2) is 4.79 Å². The molecule has 2 aromatic rings. The maximum absolute atomic E-state index is 12.8.